The Bertz CT molecular complexity index is 748. The average Bonchev–Trinajstić information content (AvgIpc) is 2.88. The first-order chi connectivity index (χ1) is 10.1. The van der Waals surface area contributed by atoms with Crippen molar-refractivity contribution in [2.75, 3.05) is 24.6 Å². The molecular weight excluding hydrogens is 274 g/mol. The van der Waals surface area contributed by atoms with Gasteiger partial charge in [-0.1, -0.05) is 0 Å². The molecule has 1 fully saturated rings. The van der Waals surface area contributed by atoms with E-state index in [2.05, 4.69) is 16.2 Å². The third-order valence-electron chi connectivity index (χ3n) is 3.49. The summed E-state index contributed by atoms with van der Waals surface area (Å²) in [5, 5.41) is 23.2. The molecule has 3 rings (SSSR count). The lowest BCUT2D eigenvalue weighted by Crippen LogP contribution is -2.42. The first-order valence-corrected chi connectivity index (χ1v) is 6.42. The third kappa shape index (κ3) is 2.17. The van der Waals surface area contributed by atoms with Crippen LogP contribution in [0.15, 0.2) is 12.4 Å². The van der Waals surface area contributed by atoms with Crippen LogP contribution in [0.1, 0.15) is 10.4 Å². The molecule has 3 heterocycles. The van der Waals surface area contributed by atoms with E-state index >= 15 is 0 Å². The molecule has 1 N–H and O–H groups in total. The quantitative estimate of drug-likeness (QED) is 0.852. The van der Waals surface area contributed by atoms with Crippen LogP contribution in [0.2, 0.25) is 0 Å². The van der Waals surface area contributed by atoms with E-state index in [4.69, 9.17) is 10.00 Å². The summed E-state index contributed by atoms with van der Waals surface area (Å²) in [4.78, 5) is 17.5. The Morgan fingerprint density at radius 3 is 3.10 bits per heavy atom. The average molecular weight is 287 g/mol. The number of fused-ring (bicyclic) bond motifs is 1. The van der Waals surface area contributed by atoms with Crippen molar-refractivity contribution >= 4 is 22.7 Å². The number of aryl methyl sites for hydroxylation is 1. The summed E-state index contributed by atoms with van der Waals surface area (Å²) >= 11 is 0. The normalized spacial score (nSPS) is 18.7. The Hall–Kier alpha value is -2.66. The Morgan fingerprint density at radius 2 is 2.38 bits per heavy atom. The van der Waals surface area contributed by atoms with E-state index in [0.717, 1.165) is 0 Å². The van der Waals surface area contributed by atoms with Gasteiger partial charge in [-0.05, 0) is 0 Å². The van der Waals surface area contributed by atoms with Gasteiger partial charge in [0, 0.05) is 19.8 Å². The van der Waals surface area contributed by atoms with Crippen LogP contribution in [-0.2, 0) is 11.8 Å². The lowest BCUT2D eigenvalue weighted by atomic mass is 10.1. The van der Waals surface area contributed by atoms with Gasteiger partial charge in [-0.2, -0.15) is 10.4 Å². The summed E-state index contributed by atoms with van der Waals surface area (Å²) in [5.74, 6) is -1.05. The van der Waals surface area contributed by atoms with Gasteiger partial charge in [-0.15, -0.1) is 0 Å². The van der Waals surface area contributed by atoms with Crippen molar-refractivity contribution in [3.8, 4) is 6.07 Å². The fourth-order valence-electron chi connectivity index (χ4n) is 2.51. The van der Waals surface area contributed by atoms with E-state index in [1.807, 2.05) is 4.90 Å². The van der Waals surface area contributed by atoms with Crippen LogP contribution in [-0.4, -0.2) is 51.6 Å². The molecule has 2 aromatic rings. The number of aromatic nitrogens is 3. The molecule has 1 saturated heterocycles. The molecule has 0 aromatic carbocycles. The highest BCUT2D eigenvalue weighted by molar-refractivity contribution is 6.03. The number of nitriles is 1. The van der Waals surface area contributed by atoms with Crippen LogP contribution in [0.3, 0.4) is 0 Å². The minimum atomic E-state index is -1.05. The van der Waals surface area contributed by atoms with Gasteiger partial charge in [0.1, 0.15) is 5.56 Å². The molecule has 8 heteroatoms. The van der Waals surface area contributed by atoms with E-state index in [9.17, 15) is 9.90 Å². The molecule has 0 amide bonds. The Labute approximate surface area is 120 Å². The molecule has 0 radical (unpaired) electrons. The zero-order valence-corrected chi connectivity index (χ0v) is 11.4. The number of carboxylic acids is 1. The largest absolute Gasteiger partial charge is 0.478 e. The maximum absolute atomic E-state index is 11.5. The second-order valence-electron chi connectivity index (χ2n) is 4.77. The predicted octanol–water partition coefficient (Wildman–Crippen LogP) is 0.395. The number of pyridine rings is 1. The van der Waals surface area contributed by atoms with Gasteiger partial charge >= 0.3 is 5.97 Å². The second-order valence-corrected chi connectivity index (χ2v) is 4.77. The van der Waals surface area contributed by atoms with Gasteiger partial charge in [-0.3, -0.25) is 4.68 Å². The minimum Gasteiger partial charge on any atom is -0.478 e. The molecule has 108 valence electrons. The van der Waals surface area contributed by atoms with E-state index in [1.165, 1.54) is 6.20 Å². The Morgan fingerprint density at radius 1 is 1.57 bits per heavy atom. The monoisotopic (exact) mass is 287 g/mol. The number of hydrogen-bond acceptors (Lipinski definition) is 6. The fraction of sp³-hybridized carbons (Fsp3) is 0.385. The number of morpholine rings is 1. The van der Waals surface area contributed by atoms with Crippen LogP contribution < -0.4 is 4.90 Å². The number of rotatable bonds is 2. The van der Waals surface area contributed by atoms with Crippen LogP contribution in [0.4, 0.5) is 5.69 Å². The van der Waals surface area contributed by atoms with Gasteiger partial charge in [0.25, 0.3) is 0 Å². The molecular formula is C13H13N5O3. The molecule has 0 bridgehead atoms. The summed E-state index contributed by atoms with van der Waals surface area (Å²) in [6.07, 6.45) is 2.36. The number of carbonyl (C=O) groups is 1. The van der Waals surface area contributed by atoms with Crippen LogP contribution >= 0.6 is 0 Å². The van der Waals surface area contributed by atoms with Gasteiger partial charge in [-0.25, -0.2) is 9.78 Å². The molecule has 0 saturated carbocycles. The van der Waals surface area contributed by atoms with E-state index in [1.54, 1.807) is 17.9 Å². The summed E-state index contributed by atoms with van der Waals surface area (Å²) in [6.45, 7) is 1.22. The maximum Gasteiger partial charge on any atom is 0.339 e. The molecule has 1 aliphatic rings. The zero-order valence-electron chi connectivity index (χ0n) is 11.4. The third-order valence-corrected chi connectivity index (χ3v) is 3.49. The molecule has 1 unspecified atom stereocenters. The zero-order chi connectivity index (χ0) is 15.0. The number of aromatic carboxylic acids is 1. The highest BCUT2D eigenvalue weighted by Gasteiger charge is 2.27. The van der Waals surface area contributed by atoms with Crippen molar-refractivity contribution < 1.29 is 14.6 Å². The molecule has 2 aromatic heterocycles. The van der Waals surface area contributed by atoms with Crippen LogP contribution in [0, 0.1) is 11.3 Å². The highest BCUT2D eigenvalue weighted by atomic mass is 16.5. The lowest BCUT2D eigenvalue weighted by molar-refractivity contribution is 0.0688. The maximum atomic E-state index is 11.5. The summed E-state index contributed by atoms with van der Waals surface area (Å²) in [7, 11) is 1.75. The summed E-state index contributed by atoms with van der Waals surface area (Å²) < 4.78 is 6.90. The molecule has 1 atom stereocenters. The van der Waals surface area contributed by atoms with Crippen molar-refractivity contribution in [1.82, 2.24) is 14.8 Å². The summed E-state index contributed by atoms with van der Waals surface area (Å²) in [6, 6.07) is 2.06. The van der Waals surface area contributed by atoms with Gasteiger partial charge in [0.05, 0.1) is 36.5 Å². The first kappa shape index (κ1) is 13.3. The van der Waals surface area contributed by atoms with E-state index < -0.39 is 12.1 Å². The number of nitrogens with zero attached hydrogens (tertiary/aromatic N) is 5. The van der Waals surface area contributed by atoms with Crippen LogP contribution in [0.25, 0.3) is 11.0 Å². The highest BCUT2D eigenvalue weighted by Crippen LogP contribution is 2.30. The molecule has 0 aliphatic carbocycles. The Balaban J connectivity index is 2.16. The van der Waals surface area contributed by atoms with Crippen molar-refractivity contribution in [3.05, 3.63) is 18.0 Å². The number of hydrogen-bond donors (Lipinski definition) is 1. The standard InChI is InChI=1S/C13H13N5O3/c1-17-12-9(6-16-17)11(10(5-15-12)13(19)20)18-2-3-21-8(4-14)7-18/h5-6,8H,2-3,7H2,1H3,(H,19,20). The van der Waals surface area contributed by atoms with E-state index in [0.29, 0.717) is 36.4 Å². The van der Waals surface area contributed by atoms with Crippen molar-refractivity contribution in [2.24, 2.45) is 7.05 Å². The number of carboxylic acid groups (broad SMARTS) is 1. The van der Waals surface area contributed by atoms with Gasteiger partial charge < -0.3 is 14.7 Å². The second kappa shape index (κ2) is 5.03. The molecule has 21 heavy (non-hydrogen) atoms. The number of ether oxygens (including phenoxy) is 1. The fourth-order valence-corrected chi connectivity index (χ4v) is 2.51. The summed E-state index contributed by atoms with van der Waals surface area (Å²) in [5.41, 5.74) is 1.26. The van der Waals surface area contributed by atoms with E-state index in [-0.39, 0.29) is 5.56 Å². The van der Waals surface area contributed by atoms with Crippen molar-refractivity contribution in [2.45, 2.75) is 6.10 Å². The molecule has 0 spiro atoms. The lowest BCUT2D eigenvalue weighted by Gasteiger charge is -2.32. The number of anilines is 1. The Kier molecular flexibility index (Phi) is 3.19. The van der Waals surface area contributed by atoms with Crippen molar-refractivity contribution in [3.63, 3.8) is 0 Å². The smallest absolute Gasteiger partial charge is 0.339 e. The molecule has 1 aliphatic heterocycles. The van der Waals surface area contributed by atoms with Gasteiger partial charge in [0.15, 0.2) is 11.8 Å². The predicted molar refractivity (Wildman–Crippen MR) is 73.0 cm³/mol. The SMILES string of the molecule is Cn1ncc2c(N3CCOC(C#N)C3)c(C(=O)O)cnc21. The molecule has 8 nitrogen and oxygen atoms in total. The van der Waals surface area contributed by atoms with Gasteiger partial charge in [0.2, 0.25) is 0 Å². The van der Waals surface area contributed by atoms with Crippen molar-refractivity contribution in [1.29, 1.82) is 5.26 Å². The topological polar surface area (TPSA) is 104 Å². The minimum absolute atomic E-state index is 0.106. The van der Waals surface area contributed by atoms with Crippen LogP contribution in [0.5, 0.6) is 0 Å². The first-order valence-electron chi connectivity index (χ1n) is 6.42.